The summed E-state index contributed by atoms with van der Waals surface area (Å²) in [5.74, 6) is 0.656. The van der Waals surface area contributed by atoms with Crippen molar-refractivity contribution in [3.05, 3.63) is 41.4 Å². The average molecular weight is 441 g/mol. The highest BCUT2D eigenvalue weighted by molar-refractivity contribution is 7.92. The number of benzene rings is 2. The first-order chi connectivity index (χ1) is 13.8. The van der Waals surface area contributed by atoms with Gasteiger partial charge in [0.25, 0.3) is 0 Å². The largest absolute Gasteiger partial charge is 0.495 e. The van der Waals surface area contributed by atoms with Crippen molar-refractivity contribution in [3.63, 3.8) is 0 Å². The van der Waals surface area contributed by atoms with Gasteiger partial charge in [0.2, 0.25) is 15.9 Å². The minimum atomic E-state index is -3.73. The fraction of sp³-hybridized carbons (Fsp3) is 0.316. The Kier molecular flexibility index (Phi) is 6.39. The highest BCUT2D eigenvalue weighted by Crippen LogP contribution is 2.35. The van der Waals surface area contributed by atoms with Gasteiger partial charge in [-0.25, -0.2) is 8.42 Å². The van der Waals surface area contributed by atoms with Gasteiger partial charge < -0.3 is 19.5 Å². The average Bonchev–Trinajstić information content (AvgIpc) is 2.71. The molecule has 0 bridgehead atoms. The zero-order chi connectivity index (χ0) is 21.0. The number of nitrogens with one attached hydrogen (secondary N) is 1. The normalized spacial score (nSPS) is 12.9. The molecule has 29 heavy (non-hydrogen) atoms. The quantitative estimate of drug-likeness (QED) is 0.711. The van der Waals surface area contributed by atoms with Crippen LogP contribution < -0.4 is 23.8 Å². The molecule has 3 rings (SSSR count). The lowest BCUT2D eigenvalue weighted by atomic mass is 10.2. The third kappa shape index (κ3) is 4.86. The molecule has 1 aliphatic rings. The Morgan fingerprint density at radius 3 is 2.59 bits per heavy atom. The zero-order valence-corrected chi connectivity index (χ0v) is 17.5. The molecule has 0 saturated heterocycles. The number of sulfonamides is 1. The molecule has 2 aromatic carbocycles. The second-order valence-electron chi connectivity index (χ2n) is 6.13. The lowest BCUT2D eigenvalue weighted by Crippen LogP contribution is -2.39. The maximum Gasteiger partial charge on any atom is 0.245 e. The van der Waals surface area contributed by atoms with Crippen molar-refractivity contribution in [2.24, 2.45) is 0 Å². The first kappa shape index (κ1) is 21.1. The van der Waals surface area contributed by atoms with E-state index in [4.69, 9.17) is 25.8 Å². The molecule has 0 fully saturated rings. The lowest BCUT2D eigenvalue weighted by Gasteiger charge is -2.25. The van der Waals surface area contributed by atoms with Crippen molar-refractivity contribution in [2.75, 3.05) is 42.2 Å². The molecule has 156 valence electrons. The van der Waals surface area contributed by atoms with Crippen molar-refractivity contribution in [1.29, 1.82) is 0 Å². The molecule has 0 atom stereocenters. The number of carbonyl (C=O) groups excluding carboxylic acids is 1. The molecular weight excluding hydrogens is 420 g/mol. The summed E-state index contributed by atoms with van der Waals surface area (Å²) in [6.07, 6.45) is 0. The van der Waals surface area contributed by atoms with Crippen LogP contribution in [0.2, 0.25) is 5.02 Å². The van der Waals surface area contributed by atoms with Crippen LogP contribution >= 0.6 is 11.6 Å². The van der Waals surface area contributed by atoms with Gasteiger partial charge in [0, 0.05) is 11.1 Å². The van der Waals surface area contributed by atoms with Gasteiger partial charge in [-0.3, -0.25) is 9.10 Å². The van der Waals surface area contributed by atoms with Gasteiger partial charge in [0.05, 0.1) is 24.2 Å². The zero-order valence-electron chi connectivity index (χ0n) is 16.0. The van der Waals surface area contributed by atoms with Gasteiger partial charge in [0.15, 0.2) is 11.5 Å². The summed E-state index contributed by atoms with van der Waals surface area (Å²) in [5.41, 5.74) is 0.658. The molecule has 1 amide bonds. The van der Waals surface area contributed by atoms with Crippen LogP contribution in [0, 0.1) is 0 Å². The Labute approximate surface area is 174 Å². The summed E-state index contributed by atoms with van der Waals surface area (Å²) >= 11 is 5.98. The van der Waals surface area contributed by atoms with Crippen molar-refractivity contribution >= 4 is 38.9 Å². The van der Waals surface area contributed by atoms with Crippen molar-refractivity contribution < 1.29 is 27.4 Å². The summed E-state index contributed by atoms with van der Waals surface area (Å²) in [4.78, 5) is 12.7. The molecule has 0 aromatic heterocycles. The number of fused-ring (bicyclic) bond motifs is 1. The molecule has 1 N–H and O–H groups in total. The van der Waals surface area contributed by atoms with E-state index in [1.807, 2.05) is 0 Å². The van der Waals surface area contributed by atoms with E-state index in [1.54, 1.807) is 30.3 Å². The van der Waals surface area contributed by atoms with E-state index in [1.165, 1.54) is 20.1 Å². The molecule has 10 heteroatoms. The van der Waals surface area contributed by atoms with E-state index in [2.05, 4.69) is 5.32 Å². The number of anilines is 2. The highest BCUT2D eigenvalue weighted by Gasteiger charge is 2.26. The fourth-order valence-corrected chi connectivity index (χ4v) is 4.02. The van der Waals surface area contributed by atoms with Gasteiger partial charge in [-0.2, -0.15) is 0 Å². The molecule has 8 nitrogen and oxygen atoms in total. The van der Waals surface area contributed by atoms with E-state index in [0.29, 0.717) is 46.9 Å². The minimum Gasteiger partial charge on any atom is -0.495 e. The van der Waals surface area contributed by atoms with Gasteiger partial charge in [-0.15, -0.1) is 0 Å². The third-order valence-electron chi connectivity index (χ3n) is 4.24. The summed E-state index contributed by atoms with van der Waals surface area (Å²) < 4.78 is 42.6. The summed E-state index contributed by atoms with van der Waals surface area (Å²) in [7, 11) is -2.27. The number of nitrogens with zero attached hydrogens (tertiary/aromatic N) is 1. The van der Waals surface area contributed by atoms with Crippen LogP contribution in [0.1, 0.15) is 6.92 Å². The molecule has 1 aliphatic heterocycles. The number of hydrogen-bond acceptors (Lipinski definition) is 6. The number of methoxy groups -OCH3 is 1. The number of ether oxygens (including phenoxy) is 3. The van der Waals surface area contributed by atoms with Crippen molar-refractivity contribution in [3.8, 4) is 17.2 Å². The van der Waals surface area contributed by atoms with Crippen molar-refractivity contribution in [2.45, 2.75) is 6.92 Å². The number of rotatable bonds is 7. The first-order valence-corrected chi connectivity index (χ1v) is 10.9. The van der Waals surface area contributed by atoms with Gasteiger partial charge in [-0.05, 0) is 37.3 Å². The maximum atomic E-state index is 12.7. The molecule has 0 aliphatic carbocycles. The lowest BCUT2D eigenvalue weighted by molar-refractivity contribution is -0.114. The van der Waals surface area contributed by atoms with E-state index in [0.717, 1.165) is 4.31 Å². The predicted octanol–water partition coefficient (Wildman–Crippen LogP) is 2.91. The molecule has 2 aromatic rings. The van der Waals surface area contributed by atoms with Crippen molar-refractivity contribution in [1.82, 2.24) is 0 Å². The number of halogens is 1. The molecule has 0 saturated carbocycles. The second-order valence-corrected chi connectivity index (χ2v) is 8.75. The predicted molar refractivity (Wildman–Crippen MR) is 111 cm³/mol. The third-order valence-corrected chi connectivity index (χ3v) is 6.21. The molecule has 1 heterocycles. The van der Waals surface area contributed by atoms with E-state index < -0.39 is 22.5 Å². The Morgan fingerprint density at radius 1 is 1.17 bits per heavy atom. The SMILES string of the molecule is CCS(=O)(=O)N(CC(=O)Nc1cc(Cl)ccc1OC)c1ccc2c(c1)OCCO2. The number of hydrogen-bond donors (Lipinski definition) is 1. The monoisotopic (exact) mass is 440 g/mol. The Bertz CT molecular complexity index is 1010. The number of amides is 1. The Hall–Kier alpha value is -2.65. The maximum absolute atomic E-state index is 12.7. The molecular formula is C19H21ClN2O6S. The minimum absolute atomic E-state index is 0.171. The molecule has 0 spiro atoms. The van der Waals surface area contributed by atoms with Crippen LogP contribution in [0.25, 0.3) is 0 Å². The summed E-state index contributed by atoms with van der Waals surface area (Å²) in [6.45, 7) is 1.88. The molecule has 0 radical (unpaired) electrons. The standard InChI is InChI=1S/C19H21ClN2O6S/c1-3-29(24,25)22(14-5-7-17-18(11-14)28-9-8-27-17)12-19(23)21-15-10-13(20)4-6-16(15)26-2/h4-7,10-11H,3,8-9,12H2,1-2H3,(H,21,23). The smallest absolute Gasteiger partial charge is 0.245 e. The summed E-state index contributed by atoms with van der Waals surface area (Å²) in [6, 6.07) is 9.52. The topological polar surface area (TPSA) is 94.2 Å². The fourth-order valence-electron chi connectivity index (χ4n) is 2.79. The van der Waals surface area contributed by atoms with E-state index >= 15 is 0 Å². The van der Waals surface area contributed by atoms with E-state index in [9.17, 15) is 13.2 Å². The Balaban J connectivity index is 1.87. The van der Waals surface area contributed by atoms with Crippen LogP contribution in [0.4, 0.5) is 11.4 Å². The van der Waals surface area contributed by atoms with Crippen LogP contribution in [0.5, 0.6) is 17.2 Å². The van der Waals surface area contributed by atoms with Crippen LogP contribution in [-0.2, 0) is 14.8 Å². The van der Waals surface area contributed by atoms with E-state index in [-0.39, 0.29) is 5.75 Å². The Morgan fingerprint density at radius 2 is 1.90 bits per heavy atom. The molecule has 0 unspecified atom stereocenters. The number of carbonyl (C=O) groups is 1. The van der Waals surface area contributed by atoms with Crippen LogP contribution in [0.15, 0.2) is 36.4 Å². The van der Waals surface area contributed by atoms with Crippen LogP contribution in [-0.4, -0.2) is 46.9 Å². The second kappa shape index (κ2) is 8.79. The highest BCUT2D eigenvalue weighted by atomic mass is 35.5. The van der Waals surface area contributed by atoms with Crippen LogP contribution in [0.3, 0.4) is 0 Å². The van der Waals surface area contributed by atoms with Gasteiger partial charge in [0.1, 0.15) is 25.5 Å². The van der Waals surface area contributed by atoms with Gasteiger partial charge in [-0.1, -0.05) is 11.6 Å². The summed E-state index contributed by atoms with van der Waals surface area (Å²) in [5, 5.41) is 3.06. The van der Waals surface area contributed by atoms with Gasteiger partial charge >= 0.3 is 0 Å². The first-order valence-electron chi connectivity index (χ1n) is 8.87.